The van der Waals surface area contributed by atoms with Crippen molar-refractivity contribution in [3.8, 4) is 17.2 Å². The molecule has 2 rings (SSSR count). The predicted molar refractivity (Wildman–Crippen MR) is 102 cm³/mol. The fourth-order valence-corrected chi connectivity index (χ4v) is 2.67. The molecule has 0 spiro atoms. The molecule has 0 heterocycles. The number of unbranched alkanes of at least 4 members (excludes halogenated alkanes) is 1. The van der Waals surface area contributed by atoms with Crippen molar-refractivity contribution in [2.24, 2.45) is 0 Å². The summed E-state index contributed by atoms with van der Waals surface area (Å²) in [6.07, 6.45) is 1.70. The van der Waals surface area contributed by atoms with Crippen molar-refractivity contribution in [2.45, 2.75) is 25.3 Å². The fraction of sp³-hybridized carbons (Fsp3) is 0.300. The van der Waals surface area contributed by atoms with Gasteiger partial charge in [-0.15, -0.1) is 0 Å². The standard InChI is InChI=1S/C20H24N2O6/c23-12-13(22-20(28)14-7-1-2-9-16(14)24)6-3-4-11-21-19(27)15-8-5-10-17(25)18(15)26/h1-2,5,7-10,13,23-26H,3-4,6,11-12H2,(H,21,27)(H,22,28). The topological polar surface area (TPSA) is 139 Å². The second-order valence-corrected chi connectivity index (χ2v) is 6.30. The number of benzene rings is 2. The lowest BCUT2D eigenvalue weighted by atomic mass is 10.1. The maximum Gasteiger partial charge on any atom is 0.255 e. The zero-order valence-electron chi connectivity index (χ0n) is 15.3. The van der Waals surface area contributed by atoms with Crippen molar-refractivity contribution in [2.75, 3.05) is 13.2 Å². The molecule has 0 aliphatic rings. The molecule has 2 aromatic carbocycles. The quantitative estimate of drug-likeness (QED) is 0.284. The Morgan fingerprint density at radius 2 is 1.54 bits per heavy atom. The number of hydrogen-bond donors (Lipinski definition) is 6. The minimum atomic E-state index is -0.500. The number of carbonyl (C=O) groups is 2. The van der Waals surface area contributed by atoms with Crippen LogP contribution in [0.2, 0.25) is 0 Å². The van der Waals surface area contributed by atoms with E-state index in [2.05, 4.69) is 10.6 Å². The smallest absolute Gasteiger partial charge is 0.255 e. The van der Waals surface area contributed by atoms with Crippen molar-refractivity contribution in [3.05, 3.63) is 53.6 Å². The maximum atomic E-state index is 12.1. The van der Waals surface area contributed by atoms with E-state index in [1.165, 1.54) is 30.3 Å². The van der Waals surface area contributed by atoms with Gasteiger partial charge in [-0.2, -0.15) is 0 Å². The van der Waals surface area contributed by atoms with Gasteiger partial charge in [-0.3, -0.25) is 9.59 Å². The lowest BCUT2D eigenvalue weighted by molar-refractivity contribution is 0.0909. The summed E-state index contributed by atoms with van der Waals surface area (Å²) in [4.78, 5) is 24.1. The average Bonchev–Trinajstić information content (AvgIpc) is 2.68. The summed E-state index contributed by atoms with van der Waals surface area (Å²) in [6.45, 7) is 0.0857. The molecule has 6 N–H and O–H groups in total. The molecular weight excluding hydrogens is 364 g/mol. The molecule has 2 aromatic rings. The van der Waals surface area contributed by atoms with Crippen LogP contribution in [-0.2, 0) is 0 Å². The lowest BCUT2D eigenvalue weighted by Gasteiger charge is -2.16. The monoisotopic (exact) mass is 388 g/mol. The third kappa shape index (κ3) is 5.62. The van der Waals surface area contributed by atoms with E-state index in [0.29, 0.717) is 25.8 Å². The summed E-state index contributed by atoms with van der Waals surface area (Å²) < 4.78 is 0. The molecule has 0 saturated heterocycles. The molecule has 1 atom stereocenters. The van der Waals surface area contributed by atoms with Gasteiger partial charge >= 0.3 is 0 Å². The number of hydrogen-bond acceptors (Lipinski definition) is 6. The van der Waals surface area contributed by atoms with Gasteiger partial charge in [0.15, 0.2) is 11.5 Å². The van der Waals surface area contributed by atoms with Crippen LogP contribution in [0, 0.1) is 0 Å². The van der Waals surface area contributed by atoms with Crippen molar-refractivity contribution in [1.82, 2.24) is 10.6 Å². The normalized spacial score (nSPS) is 11.6. The molecule has 0 fully saturated rings. The highest BCUT2D eigenvalue weighted by Gasteiger charge is 2.16. The van der Waals surface area contributed by atoms with E-state index < -0.39 is 23.6 Å². The number of aliphatic hydroxyl groups is 1. The SMILES string of the molecule is O=C(NC(CO)CCCCNC(=O)c1cccc(O)c1O)c1ccccc1O. The minimum absolute atomic E-state index is 0.0110. The summed E-state index contributed by atoms with van der Waals surface area (Å²) in [5.41, 5.74) is 0.127. The largest absolute Gasteiger partial charge is 0.507 e. The van der Waals surface area contributed by atoms with Gasteiger partial charge in [-0.05, 0) is 43.5 Å². The van der Waals surface area contributed by atoms with E-state index in [1.807, 2.05) is 0 Å². The number of nitrogens with one attached hydrogen (secondary N) is 2. The summed E-state index contributed by atoms with van der Waals surface area (Å²) >= 11 is 0. The molecule has 2 amide bonds. The van der Waals surface area contributed by atoms with E-state index in [1.54, 1.807) is 12.1 Å². The second-order valence-electron chi connectivity index (χ2n) is 6.30. The van der Waals surface area contributed by atoms with Crippen molar-refractivity contribution >= 4 is 11.8 Å². The molecule has 8 heteroatoms. The predicted octanol–water partition coefficient (Wildman–Crippen LogP) is 1.49. The van der Waals surface area contributed by atoms with Gasteiger partial charge in [-0.25, -0.2) is 0 Å². The number of aliphatic hydroxyl groups excluding tert-OH is 1. The molecular formula is C20H24N2O6. The Bertz CT molecular complexity index is 824. The Balaban J connectivity index is 1.74. The van der Waals surface area contributed by atoms with Crippen LogP contribution in [0.3, 0.4) is 0 Å². The first-order valence-corrected chi connectivity index (χ1v) is 8.93. The van der Waals surface area contributed by atoms with Crippen LogP contribution in [0.5, 0.6) is 17.2 Å². The molecule has 0 aliphatic carbocycles. The number of phenolic OH excluding ortho intramolecular Hbond substituents is 3. The van der Waals surface area contributed by atoms with Gasteiger partial charge in [0.1, 0.15) is 5.75 Å². The summed E-state index contributed by atoms with van der Waals surface area (Å²) in [6, 6.07) is 9.82. The van der Waals surface area contributed by atoms with Gasteiger partial charge in [0.05, 0.1) is 23.8 Å². The second kappa shape index (κ2) is 10.2. The zero-order chi connectivity index (χ0) is 20.5. The molecule has 0 saturated carbocycles. The number of aromatic hydroxyl groups is 3. The fourth-order valence-electron chi connectivity index (χ4n) is 2.67. The van der Waals surface area contributed by atoms with Crippen molar-refractivity contribution in [3.63, 3.8) is 0 Å². The summed E-state index contributed by atoms with van der Waals surface area (Å²) in [7, 11) is 0. The highest BCUT2D eigenvalue weighted by molar-refractivity contribution is 5.97. The van der Waals surface area contributed by atoms with Crippen LogP contribution in [-0.4, -0.2) is 51.4 Å². The van der Waals surface area contributed by atoms with E-state index in [-0.39, 0.29) is 29.2 Å². The molecule has 8 nitrogen and oxygen atoms in total. The molecule has 0 aliphatic heterocycles. The number of rotatable bonds is 9. The van der Waals surface area contributed by atoms with E-state index in [0.717, 1.165) is 0 Å². The highest BCUT2D eigenvalue weighted by atomic mass is 16.3. The van der Waals surface area contributed by atoms with Crippen molar-refractivity contribution < 1.29 is 30.0 Å². The van der Waals surface area contributed by atoms with E-state index in [4.69, 9.17) is 0 Å². The van der Waals surface area contributed by atoms with Crippen LogP contribution < -0.4 is 10.6 Å². The Labute approximate surface area is 162 Å². The number of para-hydroxylation sites is 2. The highest BCUT2D eigenvalue weighted by Crippen LogP contribution is 2.27. The molecule has 0 radical (unpaired) electrons. The minimum Gasteiger partial charge on any atom is -0.507 e. The summed E-state index contributed by atoms with van der Waals surface area (Å²) in [5, 5.41) is 43.5. The van der Waals surface area contributed by atoms with Gasteiger partial charge in [0, 0.05) is 6.54 Å². The Kier molecular flexibility index (Phi) is 7.65. The summed E-state index contributed by atoms with van der Waals surface area (Å²) in [5.74, 6) is -1.93. The van der Waals surface area contributed by atoms with Crippen molar-refractivity contribution in [1.29, 1.82) is 0 Å². The van der Waals surface area contributed by atoms with Crippen LogP contribution >= 0.6 is 0 Å². The van der Waals surface area contributed by atoms with Gasteiger partial charge in [0.25, 0.3) is 11.8 Å². The third-order valence-corrected chi connectivity index (χ3v) is 4.23. The third-order valence-electron chi connectivity index (χ3n) is 4.23. The van der Waals surface area contributed by atoms with E-state index in [9.17, 15) is 30.0 Å². The van der Waals surface area contributed by atoms with Crippen LogP contribution in [0.4, 0.5) is 0 Å². The first-order valence-electron chi connectivity index (χ1n) is 8.93. The first kappa shape index (κ1) is 21.0. The lowest BCUT2D eigenvalue weighted by Crippen LogP contribution is -2.37. The van der Waals surface area contributed by atoms with Gasteiger partial charge < -0.3 is 31.1 Å². The first-order chi connectivity index (χ1) is 13.4. The van der Waals surface area contributed by atoms with Gasteiger partial charge in [0.2, 0.25) is 0 Å². The van der Waals surface area contributed by atoms with Crippen LogP contribution in [0.15, 0.2) is 42.5 Å². The average molecular weight is 388 g/mol. The number of amides is 2. The molecule has 0 bridgehead atoms. The Morgan fingerprint density at radius 1 is 0.857 bits per heavy atom. The molecule has 28 heavy (non-hydrogen) atoms. The number of phenols is 3. The molecule has 150 valence electrons. The van der Waals surface area contributed by atoms with E-state index >= 15 is 0 Å². The molecule has 1 unspecified atom stereocenters. The Morgan fingerprint density at radius 3 is 2.25 bits per heavy atom. The zero-order valence-corrected chi connectivity index (χ0v) is 15.3. The van der Waals surface area contributed by atoms with Gasteiger partial charge in [-0.1, -0.05) is 18.2 Å². The maximum absolute atomic E-state index is 12.1. The number of carbonyl (C=O) groups excluding carboxylic acids is 2. The molecule has 0 aromatic heterocycles. The van der Waals surface area contributed by atoms with Crippen LogP contribution in [0.1, 0.15) is 40.0 Å². The Hall–Kier alpha value is -3.26. The van der Waals surface area contributed by atoms with Crippen LogP contribution in [0.25, 0.3) is 0 Å².